The molecule has 1 saturated heterocycles. The quantitative estimate of drug-likeness (QED) is 0.646. The van der Waals surface area contributed by atoms with Crippen LogP contribution in [-0.4, -0.2) is 47.1 Å². The zero-order valence-corrected chi connectivity index (χ0v) is 11.5. The van der Waals surface area contributed by atoms with Crippen molar-refractivity contribution in [3.63, 3.8) is 0 Å². The Bertz CT molecular complexity index is 206. The fourth-order valence-electron chi connectivity index (χ4n) is 2.14. The van der Waals surface area contributed by atoms with Gasteiger partial charge in [-0.25, -0.2) is 0 Å². The van der Waals surface area contributed by atoms with Crippen molar-refractivity contribution in [1.82, 2.24) is 4.90 Å². The summed E-state index contributed by atoms with van der Waals surface area (Å²) in [6.45, 7) is 3.82. The molecule has 0 spiro atoms. The van der Waals surface area contributed by atoms with E-state index in [1.54, 1.807) is 0 Å². The van der Waals surface area contributed by atoms with Gasteiger partial charge in [-0.2, -0.15) is 11.8 Å². The van der Waals surface area contributed by atoms with Crippen molar-refractivity contribution in [1.29, 1.82) is 0 Å². The van der Waals surface area contributed by atoms with Crippen molar-refractivity contribution >= 4 is 17.7 Å². The van der Waals surface area contributed by atoms with E-state index in [0.29, 0.717) is 6.42 Å². The molecule has 1 heterocycles. The van der Waals surface area contributed by atoms with Gasteiger partial charge in [-0.3, -0.25) is 4.79 Å². The molecule has 0 aromatic heterocycles. The minimum atomic E-state index is -0.664. The fourth-order valence-corrected chi connectivity index (χ4v) is 3.14. The van der Waals surface area contributed by atoms with Gasteiger partial charge in [-0.05, 0) is 44.5 Å². The second-order valence-corrected chi connectivity index (χ2v) is 5.94. The van der Waals surface area contributed by atoms with Crippen molar-refractivity contribution in [2.24, 2.45) is 0 Å². The van der Waals surface area contributed by atoms with Gasteiger partial charge >= 0.3 is 5.97 Å². The molecular weight excluding hydrogens is 234 g/mol. The summed E-state index contributed by atoms with van der Waals surface area (Å²) >= 11 is 2.02. The highest BCUT2D eigenvalue weighted by Crippen LogP contribution is 2.11. The minimum Gasteiger partial charge on any atom is -0.481 e. The zero-order chi connectivity index (χ0) is 12.3. The third-order valence-corrected chi connectivity index (χ3v) is 4.23. The molecule has 0 aromatic carbocycles. The average molecular weight is 259 g/mol. The van der Waals surface area contributed by atoms with Gasteiger partial charge in [0.1, 0.15) is 0 Å². The first-order valence-corrected chi connectivity index (χ1v) is 7.96. The Morgan fingerprint density at radius 1 is 1.06 bits per heavy atom. The number of nitrogens with zero attached hydrogens (tertiary/aromatic N) is 1. The first-order valence-electron chi connectivity index (χ1n) is 6.81. The summed E-state index contributed by atoms with van der Waals surface area (Å²) in [5, 5.41) is 8.49. The van der Waals surface area contributed by atoms with Crippen LogP contribution in [0.3, 0.4) is 0 Å². The Morgan fingerprint density at radius 2 is 1.82 bits per heavy atom. The molecule has 1 rings (SSSR count). The minimum absolute atomic E-state index is 0.332. The molecule has 0 bridgehead atoms. The highest BCUT2D eigenvalue weighted by Gasteiger charge is 2.08. The molecule has 0 aliphatic carbocycles. The van der Waals surface area contributed by atoms with E-state index in [1.807, 2.05) is 11.8 Å². The Morgan fingerprint density at radius 3 is 2.53 bits per heavy atom. The van der Waals surface area contributed by atoms with E-state index in [0.717, 1.165) is 19.3 Å². The van der Waals surface area contributed by atoms with Crippen LogP contribution in [0.1, 0.15) is 44.9 Å². The van der Waals surface area contributed by atoms with Crippen LogP contribution in [0.25, 0.3) is 0 Å². The highest BCUT2D eigenvalue weighted by atomic mass is 32.2. The molecule has 0 radical (unpaired) electrons. The lowest BCUT2D eigenvalue weighted by molar-refractivity contribution is -0.137. The lowest BCUT2D eigenvalue weighted by atomic mass is 10.1. The van der Waals surface area contributed by atoms with Crippen LogP contribution in [0.5, 0.6) is 0 Å². The summed E-state index contributed by atoms with van der Waals surface area (Å²) in [6, 6.07) is 0. The summed E-state index contributed by atoms with van der Waals surface area (Å²) in [5.41, 5.74) is 0. The van der Waals surface area contributed by atoms with E-state index >= 15 is 0 Å². The maximum Gasteiger partial charge on any atom is 0.303 e. The smallest absolute Gasteiger partial charge is 0.303 e. The van der Waals surface area contributed by atoms with Crippen molar-refractivity contribution < 1.29 is 9.90 Å². The molecule has 1 aliphatic rings. The fraction of sp³-hybridized carbons (Fsp3) is 0.923. The molecule has 0 atom stereocenters. The third-order valence-electron chi connectivity index (χ3n) is 3.18. The van der Waals surface area contributed by atoms with Gasteiger partial charge in [0.2, 0.25) is 0 Å². The number of carbonyl (C=O) groups is 1. The van der Waals surface area contributed by atoms with E-state index < -0.39 is 5.97 Å². The van der Waals surface area contributed by atoms with E-state index in [1.165, 1.54) is 50.4 Å². The summed E-state index contributed by atoms with van der Waals surface area (Å²) in [7, 11) is 0. The number of carboxylic acids is 1. The molecule has 4 heteroatoms. The number of aliphatic carboxylic acids is 1. The predicted octanol–water partition coefficient (Wildman–Crippen LogP) is 2.85. The van der Waals surface area contributed by atoms with Crippen LogP contribution < -0.4 is 0 Å². The van der Waals surface area contributed by atoms with Crippen LogP contribution in [0, 0.1) is 0 Å². The molecule has 1 fully saturated rings. The van der Waals surface area contributed by atoms with Gasteiger partial charge in [0.25, 0.3) is 0 Å². The molecule has 0 amide bonds. The van der Waals surface area contributed by atoms with Crippen molar-refractivity contribution in [3.05, 3.63) is 0 Å². The van der Waals surface area contributed by atoms with Crippen LogP contribution in [-0.2, 0) is 4.79 Å². The Balaban J connectivity index is 1.79. The first kappa shape index (κ1) is 14.8. The summed E-state index contributed by atoms with van der Waals surface area (Å²) < 4.78 is 0. The number of carboxylic acid groups (broad SMARTS) is 1. The van der Waals surface area contributed by atoms with Gasteiger partial charge in [-0.1, -0.05) is 12.8 Å². The second kappa shape index (κ2) is 9.77. The number of unbranched alkanes of at least 4 members (excludes halogenated alkanes) is 2. The largest absolute Gasteiger partial charge is 0.481 e. The molecule has 17 heavy (non-hydrogen) atoms. The van der Waals surface area contributed by atoms with Gasteiger partial charge in [0.15, 0.2) is 0 Å². The highest BCUT2D eigenvalue weighted by molar-refractivity contribution is 7.99. The molecule has 1 aliphatic heterocycles. The topological polar surface area (TPSA) is 40.5 Å². The van der Waals surface area contributed by atoms with Crippen LogP contribution >= 0.6 is 11.8 Å². The van der Waals surface area contributed by atoms with E-state index in [-0.39, 0.29) is 0 Å². The van der Waals surface area contributed by atoms with Crippen LogP contribution in [0.15, 0.2) is 0 Å². The molecule has 0 saturated carbocycles. The molecule has 0 unspecified atom stereocenters. The lowest BCUT2D eigenvalue weighted by Gasteiger charge is -2.26. The summed E-state index contributed by atoms with van der Waals surface area (Å²) in [4.78, 5) is 12.9. The van der Waals surface area contributed by atoms with Gasteiger partial charge in [0, 0.05) is 18.7 Å². The normalized spacial score (nSPS) is 17.2. The standard InChI is InChI=1S/C13H25NO2S/c15-13(16)7-3-1-6-11-17-12-10-14-8-4-2-5-9-14/h1-12H2,(H,15,16). The number of hydrogen-bond donors (Lipinski definition) is 1. The second-order valence-electron chi connectivity index (χ2n) is 4.72. The van der Waals surface area contributed by atoms with Crippen LogP contribution in [0.4, 0.5) is 0 Å². The van der Waals surface area contributed by atoms with Gasteiger partial charge < -0.3 is 10.0 Å². The predicted molar refractivity (Wildman–Crippen MR) is 73.7 cm³/mol. The van der Waals surface area contributed by atoms with E-state index in [4.69, 9.17) is 5.11 Å². The summed E-state index contributed by atoms with van der Waals surface area (Å²) in [6.07, 6.45) is 7.55. The van der Waals surface area contributed by atoms with Crippen molar-refractivity contribution in [2.75, 3.05) is 31.1 Å². The number of thioether (sulfide) groups is 1. The third kappa shape index (κ3) is 8.50. The Hall–Kier alpha value is -0.220. The van der Waals surface area contributed by atoms with Crippen molar-refractivity contribution in [3.8, 4) is 0 Å². The molecule has 3 nitrogen and oxygen atoms in total. The Kier molecular flexibility index (Phi) is 8.53. The number of hydrogen-bond acceptors (Lipinski definition) is 3. The van der Waals surface area contributed by atoms with Crippen LogP contribution in [0.2, 0.25) is 0 Å². The number of rotatable bonds is 9. The first-order chi connectivity index (χ1) is 8.29. The van der Waals surface area contributed by atoms with E-state index in [2.05, 4.69) is 4.90 Å². The SMILES string of the molecule is O=C(O)CCCCCSCCN1CCCCC1. The Labute approximate surface area is 109 Å². The monoisotopic (exact) mass is 259 g/mol. The number of likely N-dealkylation sites (tertiary alicyclic amines) is 1. The maximum absolute atomic E-state index is 10.3. The average Bonchev–Trinajstić information content (AvgIpc) is 2.33. The number of piperidine rings is 1. The van der Waals surface area contributed by atoms with Gasteiger partial charge in [0.05, 0.1) is 0 Å². The molecular formula is C13H25NO2S. The van der Waals surface area contributed by atoms with Gasteiger partial charge in [-0.15, -0.1) is 0 Å². The molecule has 1 N–H and O–H groups in total. The zero-order valence-electron chi connectivity index (χ0n) is 10.7. The summed E-state index contributed by atoms with van der Waals surface area (Å²) in [5.74, 6) is 1.76. The maximum atomic E-state index is 10.3. The molecule has 0 aromatic rings. The van der Waals surface area contributed by atoms with E-state index in [9.17, 15) is 4.79 Å². The molecule has 100 valence electrons. The lowest BCUT2D eigenvalue weighted by Crippen LogP contribution is -2.31. The van der Waals surface area contributed by atoms with Crippen molar-refractivity contribution in [2.45, 2.75) is 44.9 Å².